The van der Waals surface area contributed by atoms with Crippen LogP contribution in [0.1, 0.15) is 18.9 Å². The number of morpholine rings is 1. The number of benzene rings is 1. The van der Waals surface area contributed by atoms with Crippen LogP contribution in [0.15, 0.2) is 23.3 Å². The number of nitrogens with zero attached hydrogens (tertiary/aromatic N) is 1. The summed E-state index contributed by atoms with van der Waals surface area (Å²) in [6.07, 6.45) is 2.77. The standard InChI is InChI=1S/C18H28N4O3S/c1-3-25-17-13-15(5-6-16(17)23-2)14-20-21-18(26)19-7-4-8-22-9-11-24-12-10-22/h5-6,13-14H,3-4,7-12H2,1-2H3,(H2,19,21,26)/p+1/b20-14-. The maximum Gasteiger partial charge on any atom is 0.186 e. The van der Waals surface area contributed by atoms with Gasteiger partial charge in [-0.1, -0.05) is 0 Å². The lowest BCUT2D eigenvalue weighted by Crippen LogP contribution is -3.14. The van der Waals surface area contributed by atoms with Gasteiger partial charge in [0.25, 0.3) is 0 Å². The molecular weight excluding hydrogens is 352 g/mol. The molecule has 1 fully saturated rings. The lowest BCUT2D eigenvalue weighted by Gasteiger charge is -2.23. The van der Waals surface area contributed by atoms with Crippen molar-refractivity contribution in [2.24, 2.45) is 5.10 Å². The minimum atomic E-state index is 0.525. The number of thiocarbonyl (C=S) groups is 1. The van der Waals surface area contributed by atoms with Gasteiger partial charge in [-0.05, 0) is 42.9 Å². The normalized spacial score (nSPS) is 15.0. The Balaban J connectivity index is 1.68. The van der Waals surface area contributed by atoms with Crippen LogP contribution in [0.3, 0.4) is 0 Å². The summed E-state index contributed by atoms with van der Waals surface area (Å²) in [5, 5.41) is 7.87. The van der Waals surface area contributed by atoms with Crippen LogP contribution in [0.4, 0.5) is 0 Å². The number of nitrogens with one attached hydrogen (secondary N) is 3. The number of quaternary nitrogens is 1. The molecule has 0 bridgehead atoms. The average Bonchev–Trinajstić information content (AvgIpc) is 2.67. The number of hydrogen-bond acceptors (Lipinski definition) is 5. The summed E-state index contributed by atoms with van der Waals surface area (Å²) in [6.45, 7) is 8.41. The second-order valence-electron chi connectivity index (χ2n) is 5.94. The van der Waals surface area contributed by atoms with E-state index in [1.54, 1.807) is 18.2 Å². The minimum Gasteiger partial charge on any atom is -0.493 e. The fourth-order valence-electron chi connectivity index (χ4n) is 2.70. The molecule has 1 aromatic carbocycles. The summed E-state index contributed by atoms with van der Waals surface area (Å²) in [5.41, 5.74) is 3.74. The van der Waals surface area contributed by atoms with Crippen LogP contribution in [-0.4, -0.2) is 64.4 Å². The topological polar surface area (TPSA) is 68.5 Å². The molecule has 0 aliphatic carbocycles. The van der Waals surface area contributed by atoms with Crippen LogP contribution >= 0.6 is 12.2 Å². The average molecular weight is 382 g/mol. The summed E-state index contributed by atoms with van der Waals surface area (Å²) in [4.78, 5) is 1.60. The van der Waals surface area contributed by atoms with Crippen molar-refractivity contribution in [1.29, 1.82) is 0 Å². The molecule has 1 aliphatic rings. The first-order valence-corrected chi connectivity index (χ1v) is 9.42. The molecule has 0 radical (unpaired) electrons. The summed E-state index contributed by atoms with van der Waals surface area (Å²) in [5.74, 6) is 1.40. The fourth-order valence-corrected chi connectivity index (χ4v) is 2.85. The third-order valence-corrected chi connectivity index (χ3v) is 4.30. The third kappa shape index (κ3) is 7.15. The smallest absolute Gasteiger partial charge is 0.186 e. The Bertz CT molecular complexity index is 592. The summed E-state index contributed by atoms with van der Waals surface area (Å²) < 4.78 is 16.2. The van der Waals surface area contributed by atoms with Gasteiger partial charge in [-0.15, -0.1) is 0 Å². The van der Waals surface area contributed by atoms with Crippen molar-refractivity contribution in [1.82, 2.24) is 10.7 Å². The second-order valence-corrected chi connectivity index (χ2v) is 6.34. The van der Waals surface area contributed by atoms with Crippen molar-refractivity contribution in [2.45, 2.75) is 13.3 Å². The van der Waals surface area contributed by atoms with E-state index < -0.39 is 0 Å². The highest BCUT2D eigenvalue weighted by atomic mass is 32.1. The highest BCUT2D eigenvalue weighted by Crippen LogP contribution is 2.27. The molecule has 8 heteroatoms. The van der Waals surface area contributed by atoms with Gasteiger partial charge in [0.1, 0.15) is 13.1 Å². The highest BCUT2D eigenvalue weighted by Gasteiger charge is 2.12. The predicted octanol–water partition coefficient (Wildman–Crippen LogP) is 0.197. The third-order valence-electron chi connectivity index (χ3n) is 4.06. The van der Waals surface area contributed by atoms with Crippen molar-refractivity contribution in [3.8, 4) is 11.5 Å². The molecule has 144 valence electrons. The second kappa shape index (κ2) is 11.7. The predicted molar refractivity (Wildman–Crippen MR) is 106 cm³/mol. The molecule has 0 atom stereocenters. The Kier molecular flexibility index (Phi) is 9.16. The number of ether oxygens (including phenoxy) is 3. The molecule has 0 spiro atoms. The summed E-state index contributed by atoms with van der Waals surface area (Å²) >= 11 is 5.24. The van der Waals surface area contributed by atoms with E-state index in [0.717, 1.165) is 51.4 Å². The molecule has 3 N–H and O–H groups in total. The molecule has 1 aromatic rings. The van der Waals surface area contributed by atoms with Gasteiger partial charge in [-0.25, -0.2) is 0 Å². The van der Waals surface area contributed by atoms with Gasteiger partial charge in [0.2, 0.25) is 0 Å². The van der Waals surface area contributed by atoms with E-state index >= 15 is 0 Å². The van der Waals surface area contributed by atoms with Crippen LogP contribution < -0.4 is 25.1 Å². The molecule has 1 saturated heterocycles. The van der Waals surface area contributed by atoms with Crippen molar-refractivity contribution >= 4 is 23.5 Å². The minimum absolute atomic E-state index is 0.525. The van der Waals surface area contributed by atoms with Crippen LogP contribution in [0.5, 0.6) is 11.5 Å². The van der Waals surface area contributed by atoms with E-state index in [9.17, 15) is 0 Å². The number of hydrazone groups is 1. The van der Waals surface area contributed by atoms with Gasteiger partial charge >= 0.3 is 0 Å². The molecule has 0 amide bonds. The maximum atomic E-state index is 5.56. The first-order chi connectivity index (χ1) is 12.7. The zero-order chi connectivity index (χ0) is 18.6. The van der Waals surface area contributed by atoms with Gasteiger partial charge in [-0.3, -0.25) is 5.43 Å². The van der Waals surface area contributed by atoms with E-state index in [1.165, 1.54) is 0 Å². The largest absolute Gasteiger partial charge is 0.493 e. The first-order valence-electron chi connectivity index (χ1n) is 9.02. The Morgan fingerprint density at radius 2 is 2.15 bits per heavy atom. The first kappa shape index (κ1) is 20.4. The van der Waals surface area contributed by atoms with E-state index in [-0.39, 0.29) is 0 Å². The number of methoxy groups -OCH3 is 1. The quantitative estimate of drug-likeness (QED) is 0.246. The van der Waals surface area contributed by atoms with E-state index in [4.69, 9.17) is 26.4 Å². The monoisotopic (exact) mass is 381 g/mol. The van der Waals surface area contributed by atoms with E-state index in [1.807, 2.05) is 25.1 Å². The molecule has 0 saturated carbocycles. The zero-order valence-electron chi connectivity index (χ0n) is 15.5. The Labute approximate surface area is 160 Å². The molecule has 0 unspecified atom stereocenters. The zero-order valence-corrected chi connectivity index (χ0v) is 16.4. The Morgan fingerprint density at radius 1 is 1.35 bits per heavy atom. The summed E-state index contributed by atoms with van der Waals surface area (Å²) in [7, 11) is 1.62. The molecule has 1 heterocycles. The fraction of sp³-hybridized carbons (Fsp3) is 0.556. The van der Waals surface area contributed by atoms with Gasteiger partial charge in [0.05, 0.1) is 39.7 Å². The van der Waals surface area contributed by atoms with Gasteiger partial charge in [0.15, 0.2) is 16.6 Å². The van der Waals surface area contributed by atoms with Gasteiger partial charge in [-0.2, -0.15) is 5.10 Å². The van der Waals surface area contributed by atoms with E-state index in [0.29, 0.717) is 23.2 Å². The summed E-state index contributed by atoms with van der Waals surface area (Å²) in [6, 6.07) is 5.65. The van der Waals surface area contributed by atoms with Crippen molar-refractivity contribution in [3.63, 3.8) is 0 Å². The molecule has 2 rings (SSSR count). The van der Waals surface area contributed by atoms with Crippen molar-refractivity contribution < 1.29 is 19.1 Å². The van der Waals surface area contributed by atoms with Gasteiger partial charge < -0.3 is 24.4 Å². The molecular formula is C18H29N4O3S+. The molecule has 26 heavy (non-hydrogen) atoms. The maximum absolute atomic E-state index is 5.56. The SMILES string of the molecule is CCOc1cc(/C=N\NC(=S)NCCC[NH+]2CCOCC2)ccc1OC. The highest BCUT2D eigenvalue weighted by molar-refractivity contribution is 7.80. The lowest BCUT2D eigenvalue weighted by atomic mass is 10.2. The molecule has 1 aliphatic heterocycles. The number of hydrogen-bond donors (Lipinski definition) is 3. The van der Waals surface area contributed by atoms with Crippen LogP contribution in [0.25, 0.3) is 0 Å². The van der Waals surface area contributed by atoms with Crippen molar-refractivity contribution in [2.75, 3.05) is 53.1 Å². The Morgan fingerprint density at radius 3 is 2.88 bits per heavy atom. The van der Waals surface area contributed by atoms with Crippen molar-refractivity contribution in [3.05, 3.63) is 23.8 Å². The van der Waals surface area contributed by atoms with Crippen LogP contribution in [0, 0.1) is 0 Å². The molecule has 7 nitrogen and oxygen atoms in total. The molecule has 0 aromatic heterocycles. The number of rotatable bonds is 9. The Hall–Kier alpha value is -1.90. The van der Waals surface area contributed by atoms with Crippen LogP contribution in [0.2, 0.25) is 0 Å². The van der Waals surface area contributed by atoms with Gasteiger partial charge in [0, 0.05) is 13.0 Å². The lowest BCUT2D eigenvalue weighted by molar-refractivity contribution is -0.908. The van der Waals surface area contributed by atoms with E-state index in [2.05, 4.69) is 15.8 Å². The van der Waals surface area contributed by atoms with Crippen LogP contribution in [-0.2, 0) is 4.74 Å².